The fourth-order valence-electron chi connectivity index (χ4n) is 3.79. The predicted molar refractivity (Wildman–Crippen MR) is 85.2 cm³/mol. The van der Waals surface area contributed by atoms with Crippen LogP contribution < -0.4 is 16.8 Å². The second-order valence-electron chi connectivity index (χ2n) is 6.38. The molecule has 1 aromatic carbocycles. The zero-order valence-corrected chi connectivity index (χ0v) is 12.5. The molecule has 2 saturated heterocycles. The van der Waals surface area contributed by atoms with Gasteiger partial charge in [-0.3, -0.25) is 4.79 Å². The van der Waals surface area contributed by atoms with Crippen molar-refractivity contribution in [1.29, 1.82) is 0 Å². The van der Waals surface area contributed by atoms with Crippen LogP contribution in [0.3, 0.4) is 0 Å². The van der Waals surface area contributed by atoms with E-state index in [2.05, 4.69) is 17.3 Å². The maximum atomic E-state index is 11.3. The first-order valence-electron chi connectivity index (χ1n) is 7.72. The Bertz CT molecular complexity index is 531. The smallest absolute Gasteiger partial charge is 0.248 e. The Morgan fingerprint density at radius 3 is 2.57 bits per heavy atom. The van der Waals surface area contributed by atoms with Crippen molar-refractivity contribution in [3.63, 3.8) is 0 Å². The third-order valence-corrected chi connectivity index (χ3v) is 5.04. The second-order valence-corrected chi connectivity index (χ2v) is 6.38. The Kier molecular flexibility index (Phi) is 3.76. The van der Waals surface area contributed by atoms with Crippen molar-refractivity contribution >= 4 is 17.3 Å². The molecule has 5 nitrogen and oxygen atoms in total. The molecule has 114 valence electrons. The van der Waals surface area contributed by atoms with Gasteiger partial charge in [0.1, 0.15) is 0 Å². The molecule has 21 heavy (non-hydrogen) atoms. The quantitative estimate of drug-likeness (QED) is 0.740. The van der Waals surface area contributed by atoms with Crippen molar-refractivity contribution in [3.05, 3.63) is 23.8 Å². The Morgan fingerprint density at radius 2 is 1.95 bits per heavy atom. The molecule has 5 heteroatoms. The van der Waals surface area contributed by atoms with Gasteiger partial charge in [0.2, 0.25) is 5.91 Å². The van der Waals surface area contributed by atoms with Gasteiger partial charge < -0.3 is 21.7 Å². The summed E-state index contributed by atoms with van der Waals surface area (Å²) in [5.41, 5.74) is 13.4. The number of nitrogen functional groups attached to an aromatic ring is 1. The fraction of sp³-hybridized carbons (Fsp3) is 0.562. The summed E-state index contributed by atoms with van der Waals surface area (Å²) in [5.74, 6) is -0.418. The number of nitrogens with two attached hydrogens (primary N) is 2. The van der Waals surface area contributed by atoms with E-state index < -0.39 is 5.91 Å². The summed E-state index contributed by atoms with van der Waals surface area (Å²) in [6.45, 7) is 0. The zero-order valence-electron chi connectivity index (χ0n) is 12.5. The molecule has 2 atom stereocenters. The van der Waals surface area contributed by atoms with Crippen LogP contribution >= 0.6 is 0 Å². The van der Waals surface area contributed by atoms with Crippen molar-refractivity contribution < 1.29 is 4.79 Å². The number of primary amides is 1. The minimum absolute atomic E-state index is 0.418. The summed E-state index contributed by atoms with van der Waals surface area (Å²) in [4.78, 5) is 13.8. The van der Waals surface area contributed by atoms with Gasteiger partial charge in [-0.2, -0.15) is 0 Å². The molecule has 2 aliphatic heterocycles. The Labute approximate surface area is 125 Å². The number of nitrogens with one attached hydrogen (secondary N) is 1. The minimum Gasteiger partial charge on any atom is -0.397 e. The number of hydrogen-bond acceptors (Lipinski definition) is 4. The summed E-state index contributed by atoms with van der Waals surface area (Å²) in [6.07, 6.45) is 6.16. The lowest BCUT2D eigenvalue weighted by molar-refractivity contribution is 0.0608. The highest BCUT2D eigenvalue weighted by Gasteiger charge is 2.35. The number of carbonyl (C=O) groups is 1. The van der Waals surface area contributed by atoms with Gasteiger partial charge in [0.05, 0.1) is 11.4 Å². The van der Waals surface area contributed by atoms with Gasteiger partial charge in [-0.15, -0.1) is 0 Å². The summed E-state index contributed by atoms with van der Waals surface area (Å²) in [7, 11) is 2.24. The van der Waals surface area contributed by atoms with E-state index in [0.717, 1.165) is 18.5 Å². The number of nitrogens with zero attached hydrogens (tertiary/aromatic N) is 1. The van der Waals surface area contributed by atoms with Gasteiger partial charge in [0.25, 0.3) is 0 Å². The van der Waals surface area contributed by atoms with Gasteiger partial charge in [-0.05, 0) is 50.9 Å². The van der Waals surface area contributed by atoms with Crippen molar-refractivity contribution in [2.24, 2.45) is 5.73 Å². The molecule has 2 bridgehead atoms. The summed E-state index contributed by atoms with van der Waals surface area (Å²) in [5, 5.41) is 3.53. The molecular formula is C16H24N4O. The van der Waals surface area contributed by atoms with Crippen LogP contribution in [0.1, 0.15) is 42.5 Å². The first kappa shape index (κ1) is 14.2. The largest absolute Gasteiger partial charge is 0.397 e. The number of amides is 1. The van der Waals surface area contributed by atoms with E-state index in [1.54, 1.807) is 18.2 Å². The molecule has 0 aliphatic carbocycles. The lowest BCUT2D eigenvalue weighted by Crippen LogP contribution is -2.52. The first-order valence-corrected chi connectivity index (χ1v) is 7.72. The van der Waals surface area contributed by atoms with Crippen molar-refractivity contribution in [1.82, 2.24) is 4.90 Å². The number of piperidine rings is 2. The van der Waals surface area contributed by atoms with E-state index >= 15 is 0 Å². The molecule has 2 heterocycles. The number of hydrogen-bond donors (Lipinski definition) is 3. The Hall–Kier alpha value is -1.75. The highest BCUT2D eigenvalue weighted by Crippen LogP contribution is 2.34. The monoisotopic (exact) mass is 288 g/mol. The fourth-order valence-corrected chi connectivity index (χ4v) is 3.79. The normalized spacial score (nSPS) is 29.1. The molecule has 2 unspecified atom stereocenters. The molecule has 3 rings (SSSR count). The highest BCUT2D eigenvalue weighted by molar-refractivity contribution is 5.94. The number of rotatable bonds is 3. The molecule has 5 N–H and O–H groups in total. The Morgan fingerprint density at radius 1 is 1.29 bits per heavy atom. The van der Waals surface area contributed by atoms with Gasteiger partial charge in [-0.25, -0.2) is 0 Å². The van der Waals surface area contributed by atoms with Gasteiger partial charge in [0.15, 0.2) is 0 Å². The van der Waals surface area contributed by atoms with Gasteiger partial charge in [-0.1, -0.05) is 6.42 Å². The molecule has 0 aromatic heterocycles. The van der Waals surface area contributed by atoms with Crippen LogP contribution in [0.15, 0.2) is 18.2 Å². The van der Waals surface area contributed by atoms with Gasteiger partial charge in [0, 0.05) is 23.7 Å². The van der Waals surface area contributed by atoms with E-state index in [9.17, 15) is 4.79 Å². The number of fused-ring (bicyclic) bond motifs is 2. The molecule has 0 saturated carbocycles. The van der Waals surface area contributed by atoms with Crippen LogP contribution in [0.5, 0.6) is 0 Å². The van der Waals surface area contributed by atoms with Crippen LogP contribution in [-0.2, 0) is 0 Å². The third kappa shape index (κ3) is 2.83. The average molecular weight is 288 g/mol. The van der Waals surface area contributed by atoms with E-state index in [1.807, 2.05) is 0 Å². The van der Waals surface area contributed by atoms with Crippen LogP contribution in [0.2, 0.25) is 0 Å². The van der Waals surface area contributed by atoms with Crippen LogP contribution in [0.25, 0.3) is 0 Å². The molecular weight excluding hydrogens is 264 g/mol. The molecule has 2 aliphatic rings. The molecule has 0 radical (unpaired) electrons. The van der Waals surface area contributed by atoms with E-state index in [4.69, 9.17) is 11.5 Å². The number of benzene rings is 1. The number of carbonyl (C=O) groups excluding carboxylic acids is 1. The second kappa shape index (κ2) is 5.56. The van der Waals surface area contributed by atoms with Gasteiger partial charge >= 0.3 is 0 Å². The predicted octanol–water partition coefficient (Wildman–Crippen LogP) is 1.79. The van der Waals surface area contributed by atoms with Crippen molar-refractivity contribution in [2.45, 2.75) is 50.2 Å². The SMILES string of the molecule is CN1C2CCCC1CC(Nc1cc(C(N)=O)ccc1N)C2. The first-order chi connectivity index (χ1) is 10.0. The van der Waals surface area contributed by atoms with E-state index in [-0.39, 0.29) is 0 Å². The molecule has 2 fully saturated rings. The molecule has 1 amide bonds. The lowest BCUT2D eigenvalue weighted by Gasteiger charge is -2.47. The molecule has 1 aromatic rings. The zero-order chi connectivity index (χ0) is 15.0. The lowest BCUT2D eigenvalue weighted by atomic mass is 9.82. The maximum Gasteiger partial charge on any atom is 0.248 e. The summed E-state index contributed by atoms with van der Waals surface area (Å²) < 4.78 is 0. The van der Waals surface area contributed by atoms with Crippen LogP contribution in [0, 0.1) is 0 Å². The average Bonchev–Trinajstić information content (AvgIpc) is 2.42. The van der Waals surface area contributed by atoms with Crippen molar-refractivity contribution in [2.75, 3.05) is 18.1 Å². The molecule has 0 spiro atoms. The summed E-state index contributed by atoms with van der Waals surface area (Å²) in [6, 6.07) is 6.93. The standard InChI is InChI=1S/C16H24N4O/c1-20-12-3-2-4-13(20)9-11(8-12)19-15-7-10(16(18)21)5-6-14(15)17/h5-7,11-13,19H,2-4,8-9,17H2,1H3,(H2,18,21). The maximum absolute atomic E-state index is 11.3. The van der Waals surface area contributed by atoms with E-state index in [1.165, 1.54) is 19.3 Å². The third-order valence-electron chi connectivity index (χ3n) is 5.04. The number of anilines is 2. The minimum atomic E-state index is -0.418. The Balaban J connectivity index is 1.75. The summed E-state index contributed by atoms with van der Waals surface area (Å²) >= 11 is 0. The van der Waals surface area contributed by atoms with Crippen LogP contribution in [-0.4, -0.2) is 36.0 Å². The van der Waals surface area contributed by atoms with E-state index in [0.29, 0.717) is 29.4 Å². The van der Waals surface area contributed by atoms with Crippen molar-refractivity contribution in [3.8, 4) is 0 Å². The van der Waals surface area contributed by atoms with Crippen LogP contribution in [0.4, 0.5) is 11.4 Å². The topological polar surface area (TPSA) is 84.4 Å². The highest BCUT2D eigenvalue weighted by atomic mass is 16.1.